The van der Waals surface area contributed by atoms with Gasteiger partial charge in [-0.1, -0.05) is 6.08 Å². The van der Waals surface area contributed by atoms with E-state index < -0.39 is 0 Å². The minimum Gasteiger partial charge on any atom is -0.330 e. The Morgan fingerprint density at radius 2 is 2.50 bits per heavy atom. The lowest BCUT2D eigenvalue weighted by Crippen LogP contribution is -2.46. The van der Waals surface area contributed by atoms with Crippen LogP contribution >= 0.6 is 0 Å². The molecule has 2 N–H and O–H groups in total. The van der Waals surface area contributed by atoms with Crippen molar-refractivity contribution < 1.29 is 4.79 Å². The van der Waals surface area contributed by atoms with Crippen LogP contribution in [0.4, 0.5) is 0 Å². The van der Waals surface area contributed by atoms with Crippen molar-refractivity contribution >= 4 is 12.1 Å². The largest absolute Gasteiger partial charge is 0.330 e. The van der Waals surface area contributed by atoms with Gasteiger partial charge >= 0.3 is 0 Å². The number of nitrogens with one attached hydrogen (secondary N) is 2. The predicted octanol–water partition coefficient (Wildman–Crippen LogP) is -0.796. The summed E-state index contributed by atoms with van der Waals surface area (Å²) in [5.74, 6) is 0.178. The van der Waals surface area contributed by atoms with Gasteiger partial charge in [0.25, 0.3) is 0 Å². The molecule has 0 aromatic heterocycles. The highest BCUT2D eigenvalue weighted by Crippen LogP contribution is 2.09. The molecule has 4 heteroatoms. The van der Waals surface area contributed by atoms with Gasteiger partial charge in [-0.3, -0.25) is 10.2 Å². The summed E-state index contributed by atoms with van der Waals surface area (Å²) in [6.45, 7) is 0. The van der Waals surface area contributed by atoms with Gasteiger partial charge in [-0.25, -0.2) is 0 Å². The van der Waals surface area contributed by atoms with Crippen LogP contribution in [0.2, 0.25) is 0 Å². The third kappa shape index (κ3) is 0.689. The van der Waals surface area contributed by atoms with Crippen LogP contribution in [-0.2, 0) is 4.79 Å². The van der Waals surface area contributed by atoms with E-state index in [4.69, 9.17) is 0 Å². The van der Waals surface area contributed by atoms with E-state index in [9.17, 15) is 4.79 Å². The van der Waals surface area contributed by atoms with Gasteiger partial charge in [0.2, 0.25) is 5.91 Å². The standard InChI is InChI=1S/C6H7N3O/c10-5-2-1-4-3-7-9-6(4)8-5/h1-4,6,9H,(H,8,10). The molecule has 52 valence electrons. The Morgan fingerprint density at radius 3 is 3.40 bits per heavy atom. The second-order valence-corrected chi connectivity index (χ2v) is 2.33. The smallest absolute Gasteiger partial charge is 0.245 e. The summed E-state index contributed by atoms with van der Waals surface area (Å²) >= 11 is 0. The minimum absolute atomic E-state index is 0.0162. The zero-order valence-electron chi connectivity index (χ0n) is 5.24. The monoisotopic (exact) mass is 137 g/mol. The van der Waals surface area contributed by atoms with E-state index in [1.54, 1.807) is 6.21 Å². The molecule has 0 aliphatic carbocycles. The van der Waals surface area contributed by atoms with Gasteiger partial charge in [-0.2, -0.15) is 5.10 Å². The van der Waals surface area contributed by atoms with Crippen molar-refractivity contribution in [3.8, 4) is 0 Å². The van der Waals surface area contributed by atoms with Gasteiger partial charge in [0.15, 0.2) is 0 Å². The first-order valence-electron chi connectivity index (χ1n) is 3.14. The second kappa shape index (κ2) is 1.83. The van der Waals surface area contributed by atoms with Crippen LogP contribution in [0, 0.1) is 5.92 Å². The molecule has 0 aromatic rings. The average molecular weight is 137 g/mol. The highest BCUT2D eigenvalue weighted by atomic mass is 16.1. The molecule has 0 saturated carbocycles. The maximum absolute atomic E-state index is 10.7. The molecule has 0 aromatic carbocycles. The lowest BCUT2D eigenvalue weighted by atomic mass is 10.1. The number of nitrogens with zero attached hydrogens (tertiary/aromatic N) is 1. The maximum Gasteiger partial charge on any atom is 0.245 e. The molecule has 10 heavy (non-hydrogen) atoms. The van der Waals surface area contributed by atoms with Crippen LogP contribution in [0.15, 0.2) is 17.3 Å². The van der Waals surface area contributed by atoms with E-state index in [0.29, 0.717) is 0 Å². The van der Waals surface area contributed by atoms with Crippen molar-refractivity contribution in [2.75, 3.05) is 0 Å². The number of carbonyl (C=O) groups excluding carboxylic acids is 1. The van der Waals surface area contributed by atoms with Crippen molar-refractivity contribution in [1.82, 2.24) is 10.7 Å². The summed E-state index contributed by atoms with van der Waals surface area (Å²) in [5, 5.41) is 6.54. The molecule has 2 rings (SSSR count). The van der Waals surface area contributed by atoms with E-state index in [0.717, 1.165) is 0 Å². The third-order valence-corrected chi connectivity index (χ3v) is 1.61. The summed E-state index contributed by atoms with van der Waals surface area (Å²) in [5.41, 5.74) is 2.78. The van der Waals surface area contributed by atoms with Crippen molar-refractivity contribution in [2.24, 2.45) is 11.0 Å². The molecule has 0 fully saturated rings. The fraction of sp³-hybridized carbons (Fsp3) is 0.333. The van der Waals surface area contributed by atoms with Crippen LogP contribution in [0.1, 0.15) is 0 Å². The molecular formula is C6H7N3O. The summed E-state index contributed by atoms with van der Waals surface area (Å²) in [6, 6.07) is 0. The van der Waals surface area contributed by atoms with Crippen molar-refractivity contribution in [3.05, 3.63) is 12.2 Å². The Hall–Kier alpha value is -1.32. The first kappa shape index (κ1) is 5.46. The van der Waals surface area contributed by atoms with Gasteiger partial charge in [0, 0.05) is 6.21 Å². The van der Waals surface area contributed by atoms with Gasteiger partial charge in [-0.05, 0) is 6.08 Å². The highest BCUT2D eigenvalue weighted by molar-refractivity contribution is 5.90. The second-order valence-electron chi connectivity index (χ2n) is 2.33. The minimum atomic E-state index is -0.0562. The Morgan fingerprint density at radius 1 is 1.60 bits per heavy atom. The molecule has 0 bridgehead atoms. The van der Waals surface area contributed by atoms with E-state index in [-0.39, 0.29) is 18.0 Å². The molecule has 0 saturated heterocycles. The van der Waals surface area contributed by atoms with Crippen molar-refractivity contribution in [1.29, 1.82) is 0 Å². The van der Waals surface area contributed by atoms with Crippen molar-refractivity contribution in [3.63, 3.8) is 0 Å². The molecule has 2 heterocycles. The number of fused-ring (bicyclic) bond motifs is 1. The third-order valence-electron chi connectivity index (χ3n) is 1.61. The molecule has 2 atom stereocenters. The Kier molecular flexibility index (Phi) is 1.00. The van der Waals surface area contributed by atoms with Crippen LogP contribution in [0.5, 0.6) is 0 Å². The van der Waals surface area contributed by atoms with E-state index in [1.807, 2.05) is 6.08 Å². The number of hydrogen-bond donors (Lipinski definition) is 2. The lowest BCUT2D eigenvalue weighted by Gasteiger charge is -2.19. The summed E-state index contributed by atoms with van der Waals surface area (Å²) in [4.78, 5) is 10.7. The Balaban J connectivity index is 2.21. The van der Waals surface area contributed by atoms with Crippen LogP contribution in [0.25, 0.3) is 0 Å². The van der Waals surface area contributed by atoms with E-state index >= 15 is 0 Å². The highest BCUT2D eigenvalue weighted by Gasteiger charge is 2.25. The lowest BCUT2D eigenvalue weighted by molar-refractivity contribution is -0.117. The number of amides is 1. The average Bonchev–Trinajstić information content (AvgIpc) is 2.33. The zero-order chi connectivity index (χ0) is 6.97. The number of carbonyl (C=O) groups is 1. The molecule has 2 aliphatic rings. The quantitative estimate of drug-likeness (QED) is 0.459. The van der Waals surface area contributed by atoms with Gasteiger partial charge in [-0.15, -0.1) is 0 Å². The predicted molar refractivity (Wildman–Crippen MR) is 36.2 cm³/mol. The van der Waals surface area contributed by atoms with Crippen LogP contribution in [0.3, 0.4) is 0 Å². The molecule has 0 radical (unpaired) electrons. The topological polar surface area (TPSA) is 53.5 Å². The molecule has 4 nitrogen and oxygen atoms in total. The Labute approximate surface area is 58.0 Å². The zero-order valence-corrected chi connectivity index (χ0v) is 5.24. The first-order valence-corrected chi connectivity index (χ1v) is 3.14. The van der Waals surface area contributed by atoms with Crippen LogP contribution < -0.4 is 10.7 Å². The molecule has 1 amide bonds. The maximum atomic E-state index is 10.7. The van der Waals surface area contributed by atoms with Crippen LogP contribution in [-0.4, -0.2) is 18.3 Å². The summed E-state index contributed by atoms with van der Waals surface area (Å²) < 4.78 is 0. The Bertz CT molecular complexity index is 221. The van der Waals surface area contributed by atoms with E-state index in [1.165, 1.54) is 6.08 Å². The van der Waals surface area contributed by atoms with Gasteiger partial charge < -0.3 is 5.32 Å². The summed E-state index contributed by atoms with van der Waals surface area (Å²) in [7, 11) is 0. The van der Waals surface area contributed by atoms with Gasteiger partial charge in [0.1, 0.15) is 6.17 Å². The fourth-order valence-electron chi connectivity index (χ4n) is 1.07. The van der Waals surface area contributed by atoms with Gasteiger partial charge in [0.05, 0.1) is 5.92 Å². The fourth-order valence-corrected chi connectivity index (χ4v) is 1.07. The normalized spacial score (nSPS) is 35.0. The number of hydrazone groups is 1. The molecule has 2 unspecified atom stereocenters. The van der Waals surface area contributed by atoms with Crippen molar-refractivity contribution in [2.45, 2.75) is 6.17 Å². The van der Waals surface area contributed by atoms with E-state index in [2.05, 4.69) is 15.8 Å². The molecular weight excluding hydrogens is 130 g/mol. The summed E-state index contributed by atoms with van der Waals surface area (Å²) in [6.07, 6.45) is 5.13. The number of rotatable bonds is 0. The molecule has 0 spiro atoms. The number of hydrogen-bond acceptors (Lipinski definition) is 3. The SMILES string of the molecule is O=C1C=CC2C=NNC2N1. The molecule has 2 aliphatic heterocycles. The first-order chi connectivity index (χ1) is 4.86.